The topological polar surface area (TPSA) is 55.9 Å². The van der Waals surface area contributed by atoms with Gasteiger partial charge in [-0.2, -0.15) is 0 Å². The molecule has 3 nitrogen and oxygen atoms in total. The van der Waals surface area contributed by atoms with Gasteiger partial charge in [0, 0.05) is 28.1 Å². The van der Waals surface area contributed by atoms with Crippen LogP contribution >= 0.6 is 11.6 Å². The molecule has 0 aliphatic rings. The molecule has 1 heterocycles. The highest BCUT2D eigenvalue weighted by molar-refractivity contribution is 6.31. The molecular weight excluding hydrogens is 310 g/mol. The van der Waals surface area contributed by atoms with Gasteiger partial charge in [0.1, 0.15) is 0 Å². The fourth-order valence-electron chi connectivity index (χ4n) is 3.01. The van der Waals surface area contributed by atoms with Crippen LogP contribution in [-0.4, -0.2) is 11.0 Å². The van der Waals surface area contributed by atoms with Crippen molar-refractivity contribution in [2.45, 2.75) is 25.2 Å². The van der Waals surface area contributed by atoms with Crippen LogP contribution in [0.3, 0.4) is 0 Å². The number of benzene rings is 2. The van der Waals surface area contributed by atoms with Gasteiger partial charge in [-0.3, -0.25) is 0 Å². The van der Waals surface area contributed by atoms with Crippen LogP contribution < -0.4 is 5.11 Å². The zero-order valence-electron chi connectivity index (χ0n) is 12.6. The molecule has 4 heteroatoms. The zero-order chi connectivity index (χ0) is 16.2. The quantitative estimate of drug-likeness (QED) is 0.751. The Morgan fingerprint density at radius 2 is 1.96 bits per heavy atom. The first-order valence-electron chi connectivity index (χ1n) is 7.64. The number of carbonyl (C=O) groups excluding carboxylic acids is 1. The van der Waals surface area contributed by atoms with Gasteiger partial charge in [0.2, 0.25) is 0 Å². The first kappa shape index (κ1) is 15.6. The molecule has 1 N–H and O–H groups in total. The third-order valence-electron chi connectivity index (χ3n) is 4.15. The molecule has 0 bridgehead atoms. The standard InChI is InChI=1S/C19H18ClNO2/c20-15-8-9-18-16(11-15)17(12-21-18)14(10-19(22)23)7-6-13-4-2-1-3-5-13/h1-5,8-9,11-12,14,21H,6-7,10H2,(H,22,23)/p-1/t14-/m1/s1. The Kier molecular flexibility index (Phi) is 4.68. The normalized spacial score (nSPS) is 12.4. The molecule has 23 heavy (non-hydrogen) atoms. The third kappa shape index (κ3) is 3.74. The molecule has 3 aromatic rings. The number of aryl methyl sites for hydroxylation is 1. The van der Waals surface area contributed by atoms with Crippen molar-refractivity contribution in [2.24, 2.45) is 0 Å². The number of nitrogens with one attached hydrogen (secondary N) is 1. The minimum atomic E-state index is -1.03. The Hall–Kier alpha value is -2.26. The number of halogens is 1. The lowest BCUT2D eigenvalue weighted by Crippen LogP contribution is -2.24. The van der Waals surface area contributed by atoms with Gasteiger partial charge in [-0.15, -0.1) is 0 Å². The number of rotatable bonds is 6. The lowest BCUT2D eigenvalue weighted by molar-refractivity contribution is -0.306. The van der Waals surface area contributed by atoms with Crippen molar-refractivity contribution in [3.05, 3.63) is 70.9 Å². The molecule has 2 aromatic carbocycles. The maximum atomic E-state index is 11.2. The van der Waals surface area contributed by atoms with Crippen molar-refractivity contribution >= 4 is 28.5 Å². The molecule has 1 atom stereocenters. The number of carboxylic acids is 1. The van der Waals surface area contributed by atoms with Crippen LogP contribution in [0.15, 0.2) is 54.7 Å². The van der Waals surface area contributed by atoms with E-state index in [0.717, 1.165) is 29.3 Å². The summed E-state index contributed by atoms with van der Waals surface area (Å²) in [5.74, 6) is -1.13. The lowest BCUT2D eigenvalue weighted by atomic mass is 9.89. The molecular formula is C19H17ClNO2-. The van der Waals surface area contributed by atoms with E-state index in [1.807, 2.05) is 42.6 Å². The van der Waals surface area contributed by atoms with Gasteiger partial charge in [-0.1, -0.05) is 41.9 Å². The molecule has 0 aliphatic heterocycles. The summed E-state index contributed by atoms with van der Waals surface area (Å²) in [5.41, 5.74) is 3.16. The molecule has 0 spiro atoms. The average molecular weight is 327 g/mol. The highest BCUT2D eigenvalue weighted by atomic mass is 35.5. The van der Waals surface area contributed by atoms with Gasteiger partial charge in [-0.25, -0.2) is 0 Å². The largest absolute Gasteiger partial charge is 0.550 e. The monoisotopic (exact) mass is 326 g/mol. The van der Waals surface area contributed by atoms with E-state index in [9.17, 15) is 9.90 Å². The summed E-state index contributed by atoms with van der Waals surface area (Å²) in [6.45, 7) is 0. The summed E-state index contributed by atoms with van der Waals surface area (Å²) >= 11 is 6.09. The van der Waals surface area contributed by atoms with Crippen LogP contribution in [0.4, 0.5) is 0 Å². The van der Waals surface area contributed by atoms with Crippen LogP contribution in [0.2, 0.25) is 5.02 Å². The first-order valence-corrected chi connectivity index (χ1v) is 8.01. The fourth-order valence-corrected chi connectivity index (χ4v) is 3.18. The maximum absolute atomic E-state index is 11.2. The highest BCUT2D eigenvalue weighted by Crippen LogP contribution is 2.32. The molecule has 0 unspecified atom stereocenters. The van der Waals surface area contributed by atoms with Crippen molar-refractivity contribution in [1.29, 1.82) is 0 Å². The van der Waals surface area contributed by atoms with E-state index in [4.69, 9.17) is 11.6 Å². The first-order chi connectivity index (χ1) is 11.1. The molecule has 3 rings (SSSR count). The van der Waals surface area contributed by atoms with Gasteiger partial charge in [-0.05, 0) is 54.5 Å². The van der Waals surface area contributed by atoms with E-state index in [1.165, 1.54) is 5.56 Å². The van der Waals surface area contributed by atoms with E-state index >= 15 is 0 Å². The Bertz CT molecular complexity index is 811. The number of carboxylic acid groups (broad SMARTS) is 1. The number of aromatic nitrogens is 1. The molecule has 0 radical (unpaired) electrons. The Balaban J connectivity index is 1.88. The number of hydrogen-bond acceptors (Lipinski definition) is 2. The lowest BCUT2D eigenvalue weighted by Gasteiger charge is -2.17. The SMILES string of the molecule is O=C([O-])C[C@@H](CCc1ccccc1)c1c[nH]c2ccc(Cl)cc12. The smallest absolute Gasteiger partial charge is 0.0457 e. The van der Waals surface area contributed by atoms with Crippen molar-refractivity contribution in [3.8, 4) is 0 Å². The van der Waals surface area contributed by atoms with Crippen molar-refractivity contribution in [1.82, 2.24) is 4.98 Å². The molecule has 0 saturated carbocycles. The second-order valence-electron chi connectivity index (χ2n) is 5.73. The fraction of sp³-hybridized carbons (Fsp3) is 0.211. The summed E-state index contributed by atoms with van der Waals surface area (Å²) < 4.78 is 0. The van der Waals surface area contributed by atoms with Crippen LogP contribution in [-0.2, 0) is 11.2 Å². The van der Waals surface area contributed by atoms with E-state index in [-0.39, 0.29) is 12.3 Å². The number of aliphatic carboxylic acids is 1. The summed E-state index contributed by atoms with van der Waals surface area (Å²) in [6, 6.07) is 15.7. The highest BCUT2D eigenvalue weighted by Gasteiger charge is 2.17. The number of H-pyrrole nitrogens is 1. The van der Waals surface area contributed by atoms with Crippen LogP contribution in [0.1, 0.15) is 29.9 Å². The second kappa shape index (κ2) is 6.88. The Morgan fingerprint density at radius 1 is 1.17 bits per heavy atom. The van der Waals surface area contributed by atoms with Crippen LogP contribution in [0.25, 0.3) is 10.9 Å². The maximum Gasteiger partial charge on any atom is 0.0457 e. The van der Waals surface area contributed by atoms with E-state index < -0.39 is 5.97 Å². The molecule has 0 aliphatic carbocycles. The molecule has 0 fully saturated rings. The Labute approximate surface area is 139 Å². The summed E-state index contributed by atoms with van der Waals surface area (Å²) in [5, 5.41) is 12.8. The second-order valence-corrected chi connectivity index (χ2v) is 6.17. The summed E-state index contributed by atoms with van der Waals surface area (Å²) in [4.78, 5) is 14.4. The third-order valence-corrected chi connectivity index (χ3v) is 4.39. The van der Waals surface area contributed by atoms with Crippen LogP contribution in [0, 0.1) is 0 Å². The summed E-state index contributed by atoms with van der Waals surface area (Å²) in [6.07, 6.45) is 3.47. The van der Waals surface area contributed by atoms with Crippen molar-refractivity contribution in [2.75, 3.05) is 0 Å². The van der Waals surface area contributed by atoms with Crippen LogP contribution in [0.5, 0.6) is 0 Å². The zero-order valence-corrected chi connectivity index (χ0v) is 13.3. The molecule has 1 aromatic heterocycles. The van der Waals surface area contributed by atoms with E-state index in [0.29, 0.717) is 5.02 Å². The predicted molar refractivity (Wildman–Crippen MR) is 90.4 cm³/mol. The van der Waals surface area contributed by atoms with Crippen molar-refractivity contribution < 1.29 is 9.90 Å². The van der Waals surface area contributed by atoms with Gasteiger partial charge < -0.3 is 14.9 Å². The van der Waals surface area contributed by atoms with Gasteiger partial charge in [0.05, 0.1) is 0 Å². The number of hydrogen-bond donors (Lipinski definition) is 1. The summed E-state index contributed by atoms with van der Waals surface area (Å²) in [7, 11) is 0. The van der Waals surface area contributed by atoms with Gasteiger partial charge in [0.25, 0.3) is 0 Å². The van der Waals surface area contributed by atoms with E-state index in [1.54, 1.807) is 0 Å². The average Bonchev–Trinajstić information content (AvgIpc) is 2.95. The Morgan fingerprint density at radius 3 is 2.70 bits per heavy atom. The minimum Gasteiger partial charge on any atom is -0.550 e. The van der Waals surface area contributed by atoms with Crippen molar-refractivity contribution in [3.63, 3.8) is 0 Å². The minimum absolute atomic E-state index is 0.00625. The number of aromatic amines is 1. The number of fused-ring (bicyclic) bond motifs is 1. The molecule has 118 valence electrons. The number of carbonyl (C=O) groups is 1. The molecule has 0 amide bonds. The van der Waals surface area contributed by atoms with E-state index in [2.05, 4.69) is 17.1 Å². The predicted octanol–water partition coefficient (Wildman–Crippen LogP) is 3.68. The van der Waals surface area contributed by atoms with Gasteiger partial charge in [0.15, 0.2) is 0 Å². The van der Waals surface area contributed by atoms with Gasteiger partial charge >= 0.3 is 0 Å². The molecule has 0 saturated heterocycles.